The van der Waals surface area contributed by atoms with E-state index in [4.69, 9.17) is 4.42 Å². The van der Waals surface area contributed by atoms with Gasteiger partial charge in [0.05, 0.1) is 16.7 Å². The van der Waals surface area contributed by atoms with Crippen LogP contribution in [0.5, 0.6) is 5.95 Å². The lowest BCUT2D eigenvalue weighted by Gasteiger charge is -1.95. The Kier molecular flexibility index (Phi) is 4.02. The monoisotopic (exact) mass is 327 g/mol. The third kappa shape index (κ3) is 2.98. The van der Waals surface area contributed by atoms with Crippen LogP contribution in [0.2, 0.25) is 0 Å². The van der Waals surface area contributed by atoms with E-state index in [0.717, 1.165) is 6.21 Å². The number of rotatable bonds is 4. The summed E-state index contributed by atoms with van der Waals surface area (Å²) in [5.41, 5.74) is -0.0760. The van der Waals surface area contributed by atoms with Crippen LogP contribution in [0.1, 0.15) is 5.69 Å². The van der Waals surface area contributed by atoms with Crippen LogP contribution in [-0.4, -0.2) is 21.2 Å². The van der Waals surface area contributed by atoms with Gasteiger partial charge in [0.15, 0.2) is 5.69 Å². The van der Waals surface area contributed by atoms with Crippen LogP contribution in [0.4, 0.5) is 15.8 Å². The number of nitro groups is 1. The number of oxazole rings is 1. The first kappa shape index (κ1) is 15.3. The van der Waals surface area contributed by atoms with Crippen molar-refractivity contribution in [3.05, 3.63) is 70.2 Å². The van der Waals surface area contributed by atoms with Gasteiger partial charge in [0.1, 0.15) is 11.5 Å². The fourth-order valence-corrected chi connectivity index (χ4v) is 2.02. The molecule has 120 valence electrons. The normalized spacial score (nSPS) is 11.0. The van der Waals surface area contributed by atoms with Gasteiger partial charge in [0, 0.05) is 6.07 Å². The Labute approximate surface area is 134 Å². The summed E-state index contributed by atoms with van der Waals surface area (Å²) in [4.78, 5) is 18.3. The van der Waals surface area contributed by atoms with E-state index in [2.05, 4.69) is 9.98 Å². The molecule has 0 aliphatic heterocycles. The Balaban J connectivity index is 1.95. The fourth-order valence-electron chi connectivity index (χ4n) is 2.02. The predicted molar refractivity (Wildman–Crippen MR) is 83.9 cm³/mol. The van der Waals surface area contributed by atoms with Gasteiger partial charge < -0.3 is 9.52 Å². The smallest absolute Gasteiger partial charge is 0.312 e. The van der Waals surface area contributed by atoms with E-state index >= 15 is 0 Å². The lowest BCUT2D eigenvalue weighted by Crippen LogP contribution is -1.89. The van der Waals surface area contributed by atoms with Gasteiger partial charge in [-0.1, -0.05) is 24.3 Å². The van der Waals surface area contributed by atoms with E-state index in [1.807, 2.05) is 0 Å². The fraction of sp³-hybridized carbons (Fsp3) is 0. The van der Waals surface area contributed by atoms with Crippen LogP contribution >= 0.6 is 0 Å². The van der Waals surface area contributed by atoms with E-state index in [1.54, 1.807) is 12.1 Å². The summed E-state index contributed by atoms with van der Waals surface area (Å²) < 4.78 is 18.7. The first-order chi connectivity index (χ1) is 11.6. The second-order valence-electron chi connectivity index (χ2n) is 4.69. The van der Waals surface area contributed by atoms with Crippen molar-refractivity contribution in [2.24, 2.45) is 4.99 Å². The van der Waals surface area contributed by atoms with Crippen molar-refractivity contribution in [3.63, 3.8) is 0 Å². The zero-order valence-corrected chi connectivity index (χ0v) is 12.1. The Morgan fingerprint density at radius 3 is 2.67 bits per heavy atom. The summed E-state index contributed by atoms with van der Waals surface area (Å²) in [7, 11) is 0. The molecule has 0 saturated carbocycles. The van der Waals surface area contributed by atoms with Gasteiger partial charge in [-0.05, 0) is 18.2 Å². The maximum atomic E-state index is 13.7. The van der Waals surface area contributed by atoms with E-state index in [1.165, 1.54) is 36.4 Å². The average Bonchev–Trinajstić information content (AvgIpc) is 2.94. The molecule has 0 saturated heterocycles. The molecule has 24 heavy (non-hydrogen) atoms. The lowest BCUT2D eigenvalue weighted by atomic mass is 10.2. The zero-order valence-electron chi connectivity index (χ0n) is 12.1. The maximum Gasteiger partial charge on any atom is 0.312 e. The van der Waals surface area contributed by atoms with Crippen molar-refractivity contribution in [2.75, 3.05) is 0 Å². The minimum absolute atomic E-state index is 0.0635. The highest BCUT2D eigenvalue weighted by atomic mass is 19.1. The second kappa shape index (κ2) is 6.29. The van der Waals surface area contributed by atoms with Crippen molar-refractivity contribution >= 4 is 17.6 Å². The van der Waals surface area contributed by atoms with Gasteiger partial charge >= 0.3 is 5.95 Å². The zero-order chi connectivity index (χ0) is 17.1. The largest absolute Gasteiger partial charge is 0.479 e. The summed E-state index contributed by atoms with van der Waals surface area (Å²) in [5, 5.41) is 20.7. The number of benzene rings is 2. The number of para-hydroxylation sites is 2. The first-order valence-electron chi connectivity index (χ1n) is 6.78. The number of nitro benzene ring substituents is 1. The molecular weight excluding hydrogens is 317 g/mol. The number of hydrogen-bond donors (Lipinski definition) is 1. The SMILES string of the molecule is O=[N+]([O-])c1ccccc1N=Cc1nc(-c2ccccc2F)oc1O. The standard InChI is InChI=1S/C16H10FN3O4/c17-11-6-2-1-5-10(11)15-19-13(16(21)24-15)9-18-12-7-3-4-8-14(12)20(22)23/h1-9,21H. The average molecular weight is 327 g/mol. The van der Waals surface area contributed by atoms with Gasteiger partial charge in [-0.25, -0.2) is 14.4 Å². The molecule has 0 amide bonds. The van der Waals surface area contributed by atoms with Crippen LogP contribution in [0.25, 0.3) is 11.5 Å². The molecule has 0 unspecified atom stereocenters. The summed E-state index contributed by atoms with van der Waals surface area (Å²) in [5.74, 6) is -1.23. The summed E-state index contributed by atoms with van der Waals surface area (Å²) in [6, 6.07) is 11.7. The summed E-state index contributed by atoms with van der Waals surface area (Å²) in [6.45, 7) is 0. The highest BCUT2D eigenvalue weighted by Crippen LogP contribution is 2.29. The molecule has 3 rings (SSSR count). The Morgan fingerprint density at radius 1 is 1.21 bits per heavy atom. The summed E-state index contributed by atoms with van der Waals surface area (Å²) in [6.07, 6.45) is 1.12. The molecule has 1 aromatic heterocycles. The minimum Gasteiger partial charge on any atom is -0.479 e. The van der Waals surface area contributed by atoms with Gasteiger partial charge in [0.25, 0.3) is 5.69 Å². The van der Waals surface area contributed by atoms with Crippen LogP contribution in [0.3, 0.4) is 0 Å². The highest BCUT2D eigenvalue weighted by molar-refractivity contribution is 5.84. The molecule has 0 aliphatic carbocycles. The van der Waals surface area contributed by atoms with E-state index in [-0.39, 0.29) is 28.5 Å². The number of aromatic hydroxyl groups is 1. The molecule has 0 bridgehead atoms. The van der Waals surface area contributed by atoms with Crippen molar-refractivity contribution in [2.45, 2.75) is 0 Å². The molecule has 1 N–H and O–H groups in total. The van der Waals surface area contributed by atoms with Crippen LogP contribution in [0.15, 0.2) is 57.9 Å². The predicted octanol–water partition coefficient (Wildman–Crippen LogP) is 3.85. The third-order valence-electron chi connectivity index (χ3n) is 3.14. The van der Waals surface area contributed by atoms with Crippen LogP contribution < -0.4 is 0 Å². The highest BCUT2D eigenvalue weighted by Gasteiger charge is 2.16. The molecule has 0 atom stereocenters. The molecule has 1 heterocycles. The molecule has 0 radical (unpaired) electrons. The molecule has 0 aliphatic rings. The van der Waals surface area contributed by atoms with Gasteiger partial charge in [-0.15, -0.1) is 0 Å². The maximum absolute atomic E-state index is 13.7. The number of aliphatic imine (C=N–C) groups is 1. The number of nitrogens with zero attached hydrogens (tertiary/aromatic N) is 3. The molecule has 8 heteroatoms. The Bertz CT molecular complexity index is 937. The molecular formula is C16H10FN3O4. The van der Waals surface area contributed by atoms with Gasteiger partial charge in [-0.2, -0.15) is 0 Å². The minimum atomic E-state index is -0.569. The second-order valence-corrected chi connectivity index (χ2v) is 4.69. The molecule has 2 aromatic carbocycles. The number of hydrogen-bond acceptors (Lipinski definition) is 6. The Morgan fingerprint density at radius 2 is 1.92 bits per heavy atom. The number of aromatic nitrogens is 1. The van der Waals surface area contributed by atoms with E-state index in [9.17, 15) is 19.6 Å². The first-order valence-corrected chi connectivity index (χ1v) is 6.78. The molecule has 3 aromatic rings. The van der Waals surface area contributed by atoms with Gasteiger partial charge in [0.2, 0.25) is 5.89 Å². The van der Waals surface area contributed by atoms with Crippen molar-refractivity contribution in [3.8, 4) is 17.4 Å². The molecule has 7 nitrogen and oxygen atoms in total. The summed E-state index contributed by atoms with van der Waals surface area (Å²) >= 11 is 0. The Hall–Kier alpha value is -3.55. The van der Waals surface area contributed by atoms with Crippen LogP contribution in [-0.2, 0) is 0 Å². The van der Waals surface area contributed by atoms with Crippen LogP contribution in [0, 0.1) is 15.9 Å². The van der Waals surface area contributed by atoms with Crippen molar-refractivity contribution < 1.29 is 18.8 Å². The quantitative estimate of drug-likeness (QED) is 0.445. The van der Waals surface area contributed by atoms with E-state index < -0.39 is 16.7 Å². The van der Waals surface area contributed by atoms with Gasteiger partial charge in [-0.3, -0.25) is 10.1 Å². The third-order valence-corrected chi connectivity index (χ3v) is 3.14. The molecule has 0 spiro atoms. The van der Waals surface area contributed by atoms with Crippen molar-refractivity contribution in [1.29, 1.82) is 0 Å². The number of halogens is 1. The van der Waals surface area contributed by atoms with E-state index in [0.29, 0.717) is 0 Å². The molecule has 0 fully saturated rings. The lowest BCUT2D eigenvalue weighted by molar-refractivity contribution is -0.384. The topological polar surface area (TPSA) is 102 Å². The van der Waals surface area contributed by atoms with Crippen molar-refractivity contribution in [1.82, 2.24) is 4.98 Å².